The van der Waals surface area contributed by atoms with Crippen molar-refractivity contribution in [2.75, 3.05) is 5.32 Å². The zero-order chi connectivity index (χ0) is 20.9. The molecule has 0 atom stereocenters. The third-order valence-electron chi connectivity index (χ3n) is 5.48. The molecule has 0 saturated carbocycles. The van der Waals surface area contributed by atoms with Crippen LogP contribution >= 0.6 is 0 Å². The van der Waals surface area contributed by atoms with Gasteiger partial charge in [-0.05, 0) is 46.0 Å². The van der Waals surface area contributed by atoms with Gasteiger partial charge in [0, 0.05) is 16.9 Å². The Morgan fingerprint density at radius 3 is 1.39 bits per heavy atom. The zero-order valence-electron chi connectivity index (χ0n) is 17.2. The van der Waals surface area contributed by atoms with Crippen LogP contribution in [-0.2, 0) is 0 Å². The summed E-state index contributed by atoms with van der Waals surface area (Å²) < 4.78 is 0. The molecule has 0 bridgehead atoms. The van der Waals surface area contributed by atoms with E-state index in [9.17, 15) is 0 Å². The second kappa shape index (κ2) is 8.73. The van der Waals surface area contributed by atoms with E-state index >= 15 is 0 Å². The molecule has 0 aromatic heterocycles. The Morgan fingerprint density at radius 1 is 0.355 bits per heavy atom. The second-order valence-electron chi connectivity index (χ2n) is 7.56. The second-order valence-corrected chi connectivity index (χ2v) is 7.56. The van der Waals surface area contributed by atoms with E-state index in [1.54, 1.807) is 0 Å². The maximum absolute atomic E-state index is 3.66. The third kappa shape index (κ3) is 4.26. The van der Waals surface area contributed by atoms with Gasteiger partial charge in [0.1, 0.15) is 0 Å². The number of anilines is 2. The van der Waals surface area contributed by atoms with Crippen molar-refractivity contribution in [3.8, 4) is 33.4 Å². The number of hydrogen-bond donors (Lipinski definition) is 1. The standard InChI is InChI=1S/C30H23N/c1-4-10-23(11-5-1)25-16-19-28(20-17-25)31-30-22-27(24-12-6-2-7-13-24)18-21-29(30)26-14-8-3-9-15-26/h1-22,31H. The third-order valence-corrected chi connectivity index (χ3v) is 5.48. The molecule has 0 unspecified atom stereocenters. The summed E-state index contributed by atoms with van der Waals surface area (Å²) in [5, 5.41) is 3.66. The lowest BCUT2D eigenvalue weighted by molar-refractivity contribution is 1.52. The highest BCUT2D eigenvalue weighted by Crippen LogP contribution is 2.34. The zero-order valence-corrected chi connectivity index (χ0v) is 17.2. The molecule has 0 heterocycles. The monoisotopic (exact) mass is 397 g/mol. The summed E-state index contributed by atoms with van der Waals surface area (Å²) in [7, 11) is 0. The minimum atomic E-state index is 1.07. The molecule has 1 heteroatoms. The Balaban J connectivity index is 1.52. The van der Waals surface area contributed by atoms with E-state index in [1.165, 1.54) is 33.4 Å². The van der Waals surface area contributed by atoms with Gasteiger partial charge in [0.15, 0.2) is 0 Å². The van der Waals surface area contributed by atoms with E-state index in [0.29, 0.717) is 0 Å². The summed E-state index contributed by atoms with van der Waals surface area (Å²) in [4.78, 5) is 0. The molecule has 0 aliphatic carbocycles. The molecular formula is C30H23N. The average molecular weight is 398 g/mol. The van der Waals surface area contributed by atoms with Crippen LogP contribution in [0.2, 0.25) is 0 Å². The van der Waals surface area contributed by atoms with Crippen molar-refractivity contribution in [2.45, 2.75) is 0 Å². The van der Waals surface area contributed by atoms with Crippen molar-refractivity contribution in [2.24, 2.45) is 0 Å². The Hall–Kier alpha value is -4.10. The molecule has 5 aromatic carbocycles. The van der Waals surface area contributed by atoms with E-state index in [1.807, 2.05) is 6.07 Å². The Labute approximate surface area is 183 Å². The molecule has 0 aliphatic rings. The molecule has 0 spiro atoms. The average Bonchev–Trinajstić information content (AvgIpc) is 2.86. The molecule has 1 nitrogen and oxygen atoms in total. The molecule has 5 rings (SSSR count). The SMILES string of the molecule is c1ccc(-c2ccc(Nc3cc(-c4ccccc4)ccc3-c3ccccc3)cc2)cc1. The van der Waals surface area contributed by atoms with E-state index in [2.05, 4.69) is 133 Å². The lowest BCUT2D eigenvalue weighted by Crippen LogP contribution is -1.94. The normalized spacial score (nSPS) is 10.6. The number of nitrogens with one attached hydrogen (secondary N) is 1. The van der Waals surface area contributed by atoms with Gasteiger partial charge in [-0.2, -0.15) is 0 Å². The number of benzene rings is 5. The van der Waals surface area contributed by atoms with E-state index in [0.717, 1.165) is 11.4 Å². The maximum Gasteiger partial charge on any atom is 0.0470 e. The van der Waals surface area contributed by atoms with Crippen molar-refractivity contribution in [1.29, 1.82) is 0 Å². The van der Waals surface area contributed by atoms with Gasteiger partial charge in [-0.1, -0.05) is 115 Å². The summed E-state index contributed by atoms with van der Waals surface area (Å²) >= 11 is 0. The highest BCUT2D eigenvalue weighted by atomic mass is 14.9. The van der Waals surface area contributed by atoms with Crippen molar-refractivity contribution < 1.29 is 0 Å². The van der Waals surface area contributed by atoms with Crippen LogP contribution in [0.4, 0.5) is 11.4 Å². The molecule has 0 saturated heterocycles. The summed E-state index contributed by atoms with van der Waals surface area (Å²) in [5.41, 5.74) is 9.41. The highest BCUT2D eigenvalue weighted by Gasteiger charge is 2.08. The smallest absolute Gasteiger partial charge is 0.0470 e. The Morgan fingerprint density at radius 2 is 0.806 bits per heavy atom. The minimum absolute atomic E-state index is 1.07. The van der Waals surface area contributed by atoms with Crippen molar-refractivity contribution in [1.82, 2.24) is 0 Å². The fraction of sp³-hybridized carbons (Fsp3) is 0. The quantitative estimate of drug-likeness (QED) is 0.314. The van der Waals surface area contributed by atoms with Crippen LogP contribution in [0.25, 0.3) is 33.4 Å². The molecule has 0 aliphatic heterocycles. The molecule has 0 amide bonds. The first-order chi connectivity index (χ1) is 15.4. The van der Waals surface area contributed by atoms with Crippen molar-refractivity contribution in [3.05, 3.63) is 133 Å². The first-order valence-electron chi connectivity index (χ1n) is 10.5. The number of rotatable bonds is 5. The van der Waals surface area contributed by atoms with Gasteiger partial charge >= 0.3 is 0 Å². The topological polar surface area (TPSA) is 12.0 Å². The predicted octanol–water partition coefficient (Wildman–Crippen LogP) is 8.43. The van der Waals surface area contributed by atoms with Crippen LogP contribution < -0.4 is 5.32 Å². The van der Waals surface area contributed by atoms with Crippen LogP contribution in [0.5, 0.6) is 0 Å². The largest absolute Gasteiger partial charge is 0.355 e. The Kier molecular flexibility index (Phi) is 5.32. The van der Waals surface area contributed by atoms with Gasteiger partial charge in [0.25, 0.3) is 0 Å². The predicted molar refractivity (Wildman–Crippen MR) is 132 cm³/mol. The van der Waals surface area contributed by atoms with Crippen molar-refractivity contribution >= 4 is 11.4 Å². The van der Waals surface area contributed by atoms with Gasteiger partial charge in [-0.3, -0.25) is 0 Å². The fourth-order valence-electron chi connectivity index (χ4n) is 3.86. The minimum Gasteiger partial charge on any atom is -0.355 e. The molecular weight excluding hydrogens is 374 g/mol. The van der Waals surface area contributed by atoms with Gasteiger partial charge in [0.05, 0.1) is 0 Å². The van der Waals surface area contributed by atoms with Crippen LogP contribution in [0.1, 0.15) is 0 Å². The summed E-state index contributed by atoms with van der Waals surface area (Å²) in [6, 6.07) is 46.8. The Bertz CT molecular complexity index is 1260. The van der Waals surface area contributed by atoms with Crippen LogP contribution in [0.15, 0.2) is 133 Å². The fourth-order valence-corrected chi connectivity index (χ4v) is 3.86. The van der Waals surface area contributed by atoms with Gasteiger partial charge in [-0.15, -0.1) is 0 Å². The first-order valence-corrected chi connectivity index (χ1v) is 10.5. The van der Waals surface area contributed by atoms with Gasteiger partial charge in [0.2, 0.25) is 0 Å². The van der Waals surface area contributed by atoms with E-state index in [-0.39, 0.29) is 0 Å². The maximum atomic E-state index is 3.66. The molecule has 31 heavy (non-hydrogen) atoms. The summed E-state index contributed by atoms with van der Waals surface area (Å²) in [6.07, 6.45) is 0. The molecule has 5 aromatic rings. The molecule has 148 valence electrons. The number of hydrogen-bond acceptors (Lipinski definition) is 1. The van der Waals surface area contributed by atoms with Gasteiger partial charge in [-0.25, -0.2) is 0 Å². The van der Waals surface area contributed by atoms with Gasteiger partial charge < -0.3 is 5.32 Å². The van der Waals surface area contributed by atoms with Crippen LogP contribution in [0.3, 0.4) is 0 Å². The first kappa shape index (κ1) is 18.9. The lowest BCUT2D eigenvalue weighted by Gasteiger charge is -2.15. The van der Waals surface area contributed by atoms with E-state index < -0.39 is 0 Å². The molecule has 0 radical (unpaired) electrons. The summed E-state index contributed by atoms with van der Waals surface area (Å²) in [6.45, 7) is 0. The molecule has 1 N–H and O–H groups in total. The van der Waals surface area contributed by atoms with Crippen molar-refractivity contribution in [3.63, 3.8) is 0 Å². The highest BCUT2D eigenvalue weighted by molar-refractivity contribution is 5.85. The van der Waals surface area contributed by atoms with Crippen LogP contribution in [0, 0.1) is 0 Å². The van der Waals surface area contributed by atoms with Crippen LogP contribution in [-0.4, -0.2) is 0 Å². The summed E-state index contributed by atoms with van der Waals surface area (Å²) in [5.74, 6) is 0. The van der Waals surface area contributed by atoms with E-state index in [4.69, 9.17) is 0 Å². The molecule has 0 fully saturated rings. The lowest BCUT2D eigenvalue weighted by atomic mass is 9.98.